The zero-order valence-corrected chi connectivity index (χ0v) is 10.8. The third-order valence-electron chi connectivity index (χ3n) is 3.00. The lowest BCUT2D eigenvalue weighted by Gasteiger charge is -2.16. The van der Waals surface area contributed by atoms with Gasteiger partial charge < -0.3 is 19.9 Å². The molecular formula is C14H21NO3. The first-order chi connectivity index (χ1) is 8.81. The molecule has 0 amide bonds. The third-order valence-corrected chi connectivity index (χ3v) is 3.00. The van der Waals surface area contributed by atoms with E-state index in [1.54, 1.807) is 7.11 Å². The molecule has 1 aromatic carbocycles. The third kappa shape index (κ3) is 3.98. The van der Waals surface area contributed by atoms with E-state index in [0.29, 0.717) is 25.8 Å². The van der Waals surface area contributed by atoms with Crippen molar-refractivity contribution in [3.05, 3.63) is 29.8 Å². The number of nitrogens with one attached hydrogen (secondary N) is 1. The second-order valence-electron chi connectivity index (χ2n) is 4.58. The maximum atomic E-state index is 10.2. The Morgan fingerprint density at radius 1 is 1.33 bits per heavy atom. The second-order valence-corrected chi connectivity index (χ2v) is 4.58. The number of ether oxygens (including phenoxy) is 2. The average Bonchev–Trinajstić information content (AvgIpc) is 3.21. The molecule has 1 aliphatic rings. The van der Waals surface area contributed by atoms with Crippen molar-refractivity contribution in [1.29, 1.82) is 0 Å². The largest absolute Gasteiger partial charge is 0.491 e. The van der Waals surface area contributed by atoms with E-state index in [1.807, 2.05) is 24.3 Å². The number of rotatable bonds is 8. The summed E-state index contributed by atoms with van der Waals surface area (Å²) in [7, 11) is 1.64. The van der Waals surface area contributed by atoms with E-state index in [4.69, 9.17) is 9.47 Å². The quantitative estimate of drug-likeness (QED) is 0.687. The Morgan fingerprint density at radius 3 is 2.83 bits per heavy atom. The summed E-state index contributed by atoms with van der Waals surface area (Å²) in [5, 5.41) is 13.5. The molecule has 1 atom stereocenters. The monoisotopic (exact) mass is 251 g/mol. The zero-order valence-electron chi connectivity index (χ0n) is 10.8. The number of hydrogen-bond acceptors (Lipinski definition) is 4. The highest BCUT2D eigenvalue weighted by Crippen LogP contribution is 2.26. The molecule has 4 heteroatoms. The van der Waals surface area contributed by atoms with E-state index in [1.165, 1.54) is 12.8 Å². The minimum atomic E-state index is -0.524. The fourth-order valence-corrected chi connectivity index (χ4v) is 1.80. The molecule has 1 fully saturated rings. The van der Waals surface area contributed by atoms with Crippen LogP contribution in [0.4, 0.5) is 0 Å². The molecule has 0 bridgehead atoms. The first kappa shape index (κ1) is 13.3. The SMILES string of the molecule is COCCOc1ccccc1C(O)CNC1CC1. The molecule has 0 spiro atoms. The van der Waals surface area contributed by atoms with Crippen molar-refractivity contribution in [3.63, 3.8) is 0 Å². The van der Waals surface area contributed by atoms with Crippen molar-refractivity contribution in [1.82, 2.24) is 5.32 Å². The van der Waals surface area contributed by atoms with Crippen molar-refractivity contribution < 1.29 is 14.6 Å². The van der Waals surface area contributed by atoms with Crippen molar-refractivity contribution in [2.24, 2.45) is 0 Å². The highest BCUT2D eigenvalue weighted by atomic mass is 16.5. The van der Waals surface area contributed by atoms with Gasteiger partial charge in [-0.25, -0.2) is 0 Å². The molecule has 0 heterocycles. The molecule has 1 saturated carbocycles. The standard InChI is InChI=1S/C14H21NO3/c1-17-8-9-18-14-5-3-2-4-12(14)13(16)10-15-11-6-7-11/h2-5,11,13,15-16H,6-10H2,1H3. The Bertz CT molecular complexity index is 366. The van der Waals surface area contributed by atoms with Crippen LogP contribution in [0.25, 0.3) is 0 Å². The fourth-order valence-electron chi connectivity index (χ4n) is 1.80. The number of hydrogen-bond donors (Lipinski definition) is 2. The Morgan fingerprint density at radius 2 is 2.11 bits per heavy atom. The van der Waals surface area contributed by atoms with Gasteiger partial charge in [0.25, 0.3) is 0 Å². The van der Waals surface area contributed by atoms with Gasteiger partial charge in [-0.1, -0.05) is 18.2 Å². The molecular weight excluding hydrogens is 230 g/mol. The van der Waals surface area contributed by atoms with Crippen LogP contribution in [0.15, 0.2) is 24.3 Å². The van der Waals surface area contributed by atoms with Gasteiger partial charge in [-0.15, -0.1) is 0 Å². The van der Waals surface area contributed by atoms with E-state index in [0.717, 1.165) is 11.3 Å². The van der Waals surface area contributed by atoms with Gasteiger partial charge in [-0.2, -0.15) is 0 Å². The molecule has 1 aromatic rings. The number of aliphatic hydroxyl groups is 1. The molecule has 4 nitrogen and oxygen atoms in total. The van der Waals surface area contributed by atoms with Gasteiger partial charge in [0.05, 0.1) is 12.7 Å². The number of aliphatic hydroxyl groups excluding tert-OH is 1. The molecule has 1 aliphatic carbocycles. The number of methoxy groups -OCH3 is 1. The summed E-state index contributed by atoms with van der Waals surface area (Å²) in [6.07, 6.45) is 1.92. The predicted molar refractivity (Wildman–Crippen MR) is 69.8 cm³/mol. The minimum Gasteiger partial charge on any atom is -0.491 e. The summed E-state index contributed by atoms with van der Waals surface area (Å²) in [6, 6.07) is 8.21. The smallest absolute Gasteiger partial charge is 0.125 e. The number of benzene rings is 1. The second kappa shape index (κ2) is 6.73. The van der Waals surface area contributed by atoms with Crippen LogP contribution in [0.3, 0.4) is 0 Å². The summed E-state index contributed by atoms with van der Waals surface area (Å²) >= 11 is 0. The summed E-state index contributed by atoms with van der Waals surface area (Å²) in [5.41, 5.74) is 0.835. The molecule has 0 radical (unpaired) electrons. The molecule has 2 rings (SSSR count). The first-order valence-electron chi connectivity index (χ1n) is 6.43. The van der Waals surface area contributed by atoms with Crippen molar-refractivity contribution in [2.45, 2.75) is 25.0 Å². The van der Waals surface area contributed by atoms with E-state index in [2.05, 4.69) is 5.32 Å². The summed E-state index contributed by atoms with van der Waals surface area (Å²) in [5.74, 6) is 0.736. The van der Waals surface area contributed by atoms with Crippen LogP contribution in [0.1, 0.15) is 24.5 Å². The van der Waals surface area contributed by atoms with Crippen LogP contribution in [0, 0.1) is 0 Å². The highest BCUT2D eigenvalue weighted by molar-refractivity contribution is 5.35. The zero-order chi connectivity index (χ0) is 12.8. The Balaban J connectivity index is 1.91. The predicted octanol–water partition coefficient (Wildman–Crippen LogP) is 1.50. The Labute approximate surface area is 108 Å². The maximum Gasteiger partial charge on any atom is 0.125 e. The topological polar surface area (TPSA) is 50.7 Å². The van der Waals surface area contributed by atoms with Crippen LogP contribution < -0.4 is 10.1 Å². The number of para-hydroxylation sites is 1. The van der Waals surface area contributed by atoms with Gasteiger partial charge >= 0.3 is 0 Å². The van der Waals surface area contributed by atoms with Crippen LogP contribution in [-0.2, 0) is 4.74 Å². The fraction of sp³-hybridized carbons (Fsp3) is 0.571. The maximum absolute atomic E-state index is 10.2. The molecule has 0 aliphatic heterocycles. The lowest BCUT2D eigenvalue weighted by atomic mass is 10.1. The van der Waals surface area contributed by atoms with Gasteiger partial charge in [0.2, 0.25) is 0 Å². The summed E-state index contributed by atoms with van der Waals surface area (Å²) in [4.78, 5) is 0. The molecule has 1 unspecified atom stereocenters. The van der Waals surface area contributed by atoms with E-state index >= 15 is 0 Å². The van der Waals surface area contributed by atoms with Gasteiger partial charge in [-0.3, -0.25) is 0 Å². The molecule has 0 saturated heterocycles. The van der Waals surface area contributed by atoms with Crippen molar-refractivity contribution in [2.75, 3.05) is 26.9 Å². The lowest BCUT2D eigenvalue weighted by Crippen LogP contribution is -2.23. The van der Waals surface area contributed by atoms with Crippen LogP contribution in [0.2, 0.25) is 0 Å². The molecule has 2 N–H and O–H groups in total. The molecule has 0 aromatic heterocycles. The Hall–Kier alpha value is -1.10. The van der Waals surface area contributed by atoms with E-state index in [-0.39, 0.29) is 0 Å². The van der Waals surface area contributed by atoms with Gasteiger partial charge in [-0.05, 0) is 18.9 Å². The van der Waals surface area contributed by atoms with Crippen molar-refractivity contribution in [3.8, 4) is 5.75 Å². The Kier molecular flexibility index (Phi) is 4.99. The van der Waals surface area contributed by atoms with E-state index < -0.39 is 6.10 Å². The highest BCUT2D eigenvalue weighted by Gasteiger charge is 2.22. The van der Waals surface area contributed by atoms with Gasteiger partial charge in [0.1, 0.15) is 12.4 Å². The molecule has 18 heavy (non-hydrogen) atoms. The molecule has 100 valence electrons. The van der Waals surface area contributed by atoms with Gasteiger partial charge in [0, 0.05) is 25.3 Å². The average molecular weight is 251 g/mol. The normalized spacial score (nSPS) is 16.6. The van der Waals surface area contributed by atoms with Gasteiger partial charge in [0.15, 0.2) is 0 Å². The minimum absolute atomic E-state index is 0.496. The van der Waals surface area contributed by atoms with Crippen LogP contribution in [-0.4, -0.2) is 38.0 Å². The summed E-state index contributed by atoms with van der Waals surface area (Å²) < 4.78 is 10.6. The summed E-state index contributed by atoms with van der Waals surface area (Å²) in [6.45, 7) is 1.62. The van der Waals surface area contributed by atoms with Crippen LogP contribution in [0.5, 0.6) is 5.75 Å². The van der Waals surface area contributed by atoms with Crippen LogP contribution >= 0.6 is 0 Å². The van der Waals surface area contributed by atoms with Crippen molar-refractivity contribution >= 4 is 0 Å². The van der Waals surface area contributed by atoms with E-state index in [9.17, 15) is 5.11 Å². The first-order valence-corrected chi connectivity index (χ1v) is 6.43. The lowest BCUT2D eigenvalue weighted by molar-refractivity contribution is 0.138.